The first-order valence-electron chi connectivity index (χ1n) is 9.84. The molecule has 1 aliphatic heterocycles. The molecule has 26 heavy (non-hydrogen) atoms. The maximum absolute atomic E-state index is 5.78. The Labute approximate surface area is 174 Å². The Morgan fingerprint density at radius 2 is 2.12 bits per heavy atom. The number of hydrogen-bond donors (Lipinski definition) is 2. The molecule has 150 valence electrons. The van der Waals surface area contributed by atoms with E-state index in [4.69, 9.17) is 9.73 Å². The number of guanidine groups is 1. The van der Waals surface area contributed by atoms with Crippen LogP contribution in [0.4, 0.5) is 0 Å². The SMILES string of the molecule is CCCCCNC(=NCC1CCCCO1)NCCn1cnnc1CC.I. The third-order valence-corrected chi connectivity index (χ3v) is 4.46. The molecule has 0 aromatic carbocycles. The Bertz CT molecular complexity index is 502. The maximum Gasteiger partial charge on any atom is 0.191 e. The summed E-state index contributed by atoms with van der Waals surface area (Å²) in [5.74, 6) is 1.91. The topological polar surface area (TPSA) is 76.4 Å². The smallest absolute Gasteiger partial charge is 0.191 e. The molecule has 1 aromatic rings. The van der Waals surface area contributed by atoms with E-state index in [1.165, 1.54) is 32.1 Å². The van der Waals surface area contributed by atoms with Crippen LogP contribution in [0, 0.1) is 0 Å². The van der Waals surface area contributed by atoms with Gasteiger partial charge in [-0.05, 0) is 25.7 Å². The van der Waals surface area contributed by atoms with Gasteiger partial charge in [-0.15, -0.1) is 34.2 Å². The van der Waals surface area contributed by atoms with E-state index in [1.54, 1.807) is 6.33 Å². The number of nitrogens with one attached hydrogen (secondary N) is 2. The predicted molar refractivity (Wildman–Crippen MR) is 116 cm³/mol. The van der Waals surface area contributed by atoms with Crippen molar-refractivity contribution in [2.75, 3.05) is 26.2 Å². The first-order valence-corrected chi connectivity index (χ1v) is 9.84. The van der Waals surface area contributed by atoms with Crippen LogP contribution >= 0.6 is 24.0 Å². The van der Waals surface area contributed by atoms with Crippen molar-refractivity contribution in [1.82, 2.24) is 25.4 Å². The summed E-state index contributed by atoms with van der Waals surface area (Å²) in [5.41, 5.74) is 0. The normalized spacial score (nSPS) is 17.6. The van der Waals surface area contributed by atoms with E-state index in [-0.39, 0.29) is 30.1 Å². The molecule has 0 aliphatic carbocycles. The summed E-state index contributed by atoms with van der Waals surface area (Å²) in [5, 5.41) is 15.0. The molecule has 0 radical (unpaired) electrons. The number of halogens is 1. The van der Waals surface area contributed by atoms with Gasteiger partial charge in [-0.25, -0.2) is 0 Å². The average molecular weight is 478 g/mol. The van der Waals surface area contributed by atoms with Gasteiger partial charge >= 0.3 is 0 Å². The van der Waals surface area contributed by atoms with Crippen LogP contribution in [0.3, 0.4) is 0 Å². The molecule has 7 nitrogen and oxygen atoms in total. The second-order valence-corrected chi connectivity index (χ2v) is 6.53. The molecule has 0 spiro atoms. The van der Waals surface area contributed by atoms with Crippen molar-refractivity contribution in [2.24, 2.45) is 4.99 Å². The van der Waals surface area contributed by atoms with Crippen molar-refractivity contribution in [3.8, 4) is 0 Å². The minimum Gasteiger partial charge on any atom is -0.376 e. The number of rotatable bonds is 10. The Balaban J connectivity index is 0.00000338. The molecule has 2 rings (SSSR count). The standard InChI is InChI=1S/C18H34N6O.HI/c1-3-5-7-10-19-18(21-14-16-9-6-8-13-25-16)20-11-12-24-15-22-23-17(24)4-2;/h15-16H,3-14H2,1-2H3,(H2,19,20,21);1H. The van der Waals surface area contributed by atoms with Gasteiger partial charge in [0.1, 0.15) is 12.2 Å². The summed E-state index contributed by atoms with van der Waals surface area (Å²) in [4.78, 5) is 4.74. The van der Waals surface area contributed by atoms with Gasteiger partial charge in [0.05, 0.1) is 12.6 Å². The van der Waals surface area contributed by atoms with E-state index < -0.39 is 0 Å². The summed E-state index contributed by atoms with van der Waals surface area (Å²) >= 11 is 0. The molecule has 1 saturated heterocycles. The highest BCUT2D eigenvalue weighted by Crippen LogP contribution is 2.12. The summed E-state index contributed by atoms with van der Waals surface area (Å²) in [7, 11) is 0. The van der Waals surface area contributed by atoms with Crippen molar-refractivity contribution in [3.05, 3.63) is 12.2 Å². The highest BCUT2D eigenvalue weighted by atomic mass is 127. The lowest BCUT2D eigenvalue weighted by atomic mass is 10.1. The van der Waals surface area contributed by atoms with Crippen molar-refractivity contribution in [1.29, 1.82) is 0 Å². The Hall–Kier alpha value is -0.900. The van der Waals surface area contributed by atoms with Crippen LogP contribution in [0.1, 0.15) is 58.2 Å². The number of nitrogens with zero attached hydrogens (tertiary/aromatic N) is 4. The van der Waals surface area contributed by atoms with Crippen LogP contribution in [0.5, 0.6) is 0 Å². The number of ether oxygens (including phenoxy) is 1. The van der Waals surface area contributed by atoms with Crippen LogP contribution in [-0.4, -0.2) is 53.1 Å². The number of aromatic nitrogens is 3. The summed E-state index contributed by atoms with van der Waals surface area (Å²) in [6.07, 6.45) is 10.1. The maximum atomic E-state index is 5.78. The highest BCUT2D eigenvalue weighted by Gasteiger charge is 2.13. The number of aliphatic imine (C=N–C) groups is 1. The molecule has 1 aromatic heterocycles. The molecule has 0 saturated carbocycles. The summed E-state index contributed by atoms with van der Waals surface area (Å²) in [6, 6.07) is 0. The van der Waals surface area contributed by atoms with Gasteiger partial charge in [0, 0.05) is 32.7 Å². The average Bonchev–Trinajstić information content (AvgIpc) is 3.11. The van der Waals surface area contributed by atoms with Gasteiger partial charge in [-0.1, -0.05) is 26.7 Å². The lowest BCUT2D eigenvalue weighted by Gasteiger charge is -2.21. The molecule has 8 heteroatoms. The van der Waals surface area contributed by atoms with E-state index in [1.807, 2.05) is 0 Å². The van der Waals surface area contributed by atoms with Gasteiger partial charge < -0.3 is 19.9 Å². The Kier molecular flexibility index (Phi) is 12.6. The Morgan fingerprint density at radius 3 is 2.85 bits per heavy atom. The van der Waals surface area contributed by atoms with Crippen molar-refractivity contribution in [3.63, 3.8) is 0 Å². The molecule has 2 N–H and O–H groups in total. The zero-order chi connectivity index (χ0) is 17.7. The largest absolute Gasteiger partial charge is 0.376 e. The zero-order valence-corrected chi connectivity index (χ0v) is 18.6. The Morgan fingerprint density at radius 1 is 1.27 bits per heavy atom. The minimum atomic E-state index is 0. The molecular formula is C18H35IN6O. The van der Waals surface area contributed by atoms with E-state index in [2.05, 4.69) is 39.2 Å². The summed E-state index contributed by atoms with van der Waals surface area (Å²) < 4.78 is 7.87. The number of unbranched alkanes of at least 4 members (excludes halogenated alkanes) is 2. The summed E-state index contributed by atoms with van der Waals surface area (Å²) in [6.45, 7) is 8.52. The van der Waals surface area contributed by atoms with Crippen LogP contribution < -0.4 is 10.6 Å². The van der Waals surface area contributed by atoms with E-state index in [9.17, 15) is 0 Å². The van der Waals surface area contributed by atoms with Gasteiger partial charge in [0.15, 0.2) is 5.96 Å². The van der Waals surface area contributed by atoms with Gasteiger partial charge in [0.2, 0.25) is 0 Å². The number of aryl methyl sites for hydroxylation is 1. The van der Waals surface area contributed by atoms with E-state index in [0.29, 0.717) is 0 Å². The lowest BCUT2D eigenvalue weighted by molar-refractivity contribution is 0.0224. The highest BCUT2D eigenvalue weighted by molar-refractivity contribution is 14.0. The van der Waals surface area contributed by atoms with Gasteiger partial charge in [0.25, 0.3) is 0 Å². The van der Waals surface area contributed by atoms with Crippen LogP contribution in [-0.2, 0) is 17.7 Å². The number of hydrogen-bond acceptors (Lipinski definition) is 4. The molecule has 2 heterocycles. The molecule has 1 aliphatic rings. The fourth-order valence-electron chi connectivity index (χ4n) is 2.93. The van der Waals surface area contributed by atoms with Crippen LogP contribution in [0.25, 0.3) is 0 Å². The molecule has 1 unspecified atom stereocenters. The molecule has 1 atom stereocenters. The van der Waals surface area contributed by atoms with E-state index >= 15 is 0 Å². The molecule has 1 fully saturated rings. The van der Waals surface area contributed by atoms with Crippen LogP contribution in [0.2, 0.25) is 0 Å². The van der Waals surface area contributed by atoms with Gasteiger partial charge in [-0.2, -0.15) is 0 Å². The second-order valence-electron chi connectivity index (χ2n) is 6.53. The molecule has 0 amide bonds. The van der Waals surface area contributed by atoms with E-state index in [0.717, 1.165) is 57.4 Å². The quantitative estimate of drug-likeness (QED) is 0.234. The first kappa shape index (κ1) is 23.1. The van der Waals surface area contributed by atoms with Crippen molar-refractivity contribution in [2.45, 2.75) is 71.4 Å². The second kappa shape index (κ2) is 14.2. The first-order chi connectivity index (χ1) is 12.3. The monoisotopic (exact) mass is 478 g/mol. The zero-order valence-electron chi connectivity index (χ0n) is 16.2. The van der Waals surface area contributed by atoms with Crippen molar-refractivity contribution >= 4 is 29.9 Å². The minimum absolute atomic E-state index is 0. The van der Waals surface area contributed by atoms with Gasteiger partial charge in [-0.3, -0.25) is 4.99 Å². The fraction of sp³-hybridized carbons (Fsp3) is 0.833. The molecular weight excluding hydrogens is 443 g/mol. The third kappa shape index (κ3) is 8.66. The van der Waals surface area contributed by atoms with Crippen molar-refractivity contribution < 1.29 is 4.74 Å². The third-order valence-electron chi connectivity index (χ3n) is 4.46. The lowest BCUT2D eigenvalue weighted by Crippen LogP contribution is -2.40. The predicted octanol–water partition coefficient (Wildman–Crippen LogP) is 2.75. The van der Waals surface area contributed by atoms with Crippen LogP contribution in [0.15, 0.2) is 11.3 Å². The molecule has 0 bridgehead atoms. The fourth-order valence-corrected chi connectivity index (χ4v) is 2.93.